The minimum atomic E-state index is -0.410. The third-order valence-corrected chi connectivity index (χ3v) is 3.21. The van der Waals surface area contributed by atoms with Crippen molar-refractivity contribution in [3.8, 4) is 0 Å². The Kier molecular flexibility index (Phi) is 5.13. The normalized spacial score (nSPS) is 12.5. The van der Waals surface area contributed by atoms with Gasteiger partial charge in [0.2, 0.25) is 0 Å². The van der Waals surface area contributed by atoms with Crippen molar-refractivity contribution in [2.75, 3.05) is 20.3 Å². The van der Waals surface area contributed by atoms with Gasteiger partial charge in [-0.2, -0.15) is 0 Å². The van der Waals surface area contributed by atoms with E-state index in [4.69, 9.17) is 4.74 Å². The molecule has 2 aromatic rings. The lowest BCUT2D eigenvalue weighted by atomic mass is 10.1. The summed E-state index contributed by atoms with van der Waals surface area (Å²) >= 11 is 0. The van der Waals surface area contributed by atoms with Crippen LogP contribution in [0, 0.1) is 10.1 Å². The van der Waals surface area contributed by atoms with Gasteiger partial charge in [0.1, 0.15) is 6.33 Å². The van der Waals surface area contributed by atoms with Gasteiger partial charge in [-0.15, -0.1) is 0 Å². The Hall–Kier alpha value is -2.12. The van der Waals surface area contributed by atoms with Gasteiger partial charge >= 0.3 is 0 Å². The number of nitrogens with one attached hydrogen (secondary N) is 1. The average molecular weight is 290 g/mol. The first-order chi connectivity index (χ1) is 10.2. The number of non-ortho nitro benzene ring substituents is 1. The van der Waals surface area contributed by atoms with Crippen LogP contribution in [0.3, 0.4) is 0 Å². The monoisotopic (exact) mass is 290 g/mol. The van der Waals surface area contributed by atoms with Crippen LogP contribution in [-0.4, -0.2) is 41.2 Å². The number of rotatable bonds is 7. The largest absolute Gasteiger partial charge is 0.383 e. The van der Waals surface area contributed by atoms with Crippen LogP contribution in [0.5, 0.6) is 0 Å². The van der Waals surface area contributed by atoms with Crippen LogP contribution in [0.2, 0.25) is 0 Å². The number of likely N-dealkylation sites (N-methyl/N-ethyl adjacent to an activating group) is 1. The number of hydrogen-bond acceptors (Lipinski definition) is 6. The fourth-order valence-electron chi connectivity index (χ4n) is 2.29. The highest BCUT2D eigenvalue weighted by molar-refractivity contribution is 5.83. The van der Waals surface area contributed by atoms with Gasteiger partial charge < -0.3 is 10.1 Å². The van der Waals surface area contributed by atoms with E-state index in [0.717, 1.165) is 12.2 Å². The molecule has 0 amide bonds. The third kappa shape index (κ3) is 3.71. The fraction of sp³-hybridized carbons (Fsp3) is 0.429. The first-order valence-corrected chi connectivity index (χ1v) is 6.76. The number of nitro groups is 1. The highest BCUT2D eigenvalue weighted by Gasteiger charge is 2.14. The molecule has 0 saturated heterocycles. The van der Waals surface area contributed by atoms with Gasteiger partial charge in [-0.1, -0.05) is 6.92 Å². The average Bonchev–Trinajstić information content (AvgIpc) is 2.47. The third-order valence-electron chi connectivity index (χ3n) is 3.21. The van der Waals surface area contributed by atoms with Gasteiger partial charge in [0.25, 0.3) is 5.69 Å². The van der Waals surface area contributed by atoms with E-state index in [1.54, 1.807) is 13.2 Å². The number of fused-ring (bicyclic) bond motifs is 1. The van der Waals surface area contributed by atoms with Crippen molar-refractivity contribution in [1.82, 2.24) is 15.3 Å². The zero-order valence-corrected chi connectivity index (χ0v) is 12.1. The molecule has 0 radical (unpaired) electrons. The maximum atomic E-state index is 10.9. The molecule has 7 nitrogen and oxygen atoms in total. The minimum absolute atomic E-state index is 0.0466. The SMILES string of the molecule is CCNC(COC)Cc1ncnc2ccc([N+](=O)[O-])cc12. The maximum absolute atomic E-state index is 10.9. The molecule has 1 atom stereocenters. The van der Waals surface area contributed by atoms with E-state index in [-0.39, 0.29) is 11.7 Å². The Bertz CT molecular complexity index is 627. The van der Waals surface area contributed by atoms with Gasteiger partial charge in [-0.05, 0) is 12.6 Å². The van der Waals surface area contributed by atoms with Crippen LogP contribution < -0.4 is 5.32 Å². The summed E-state index contributed by atoms with van der Waals surface area (Å²) in [5, 5.41) is 14.9. The zero-order valence-electron chi connectivity index (χ0n) is 12.1. The molecule has 0 aliphatic rings. The van der Waals surface area contributed by atoms with E-state index in [2.05, 4.69) is 15.3 Å². The molecule has 1 heterocycles. The first kappa shape index (κ1) is 15.3. The van der Waals surface area contributed by atoms with E-state index >= 15 is 0 Å². The van der Waals surface area contributed by atoms with Crippen molar-refractivity contribution in [1.29, 1.82) is 0 Å². The molecule has 1 unspecified atom stereocenters. The molecule has 1 aromatic carbocycles. The van der Waals surface area contributed by atoms with Crippen molar-refractivity contribution in [2.45, 2.75) is 19.4 Å². The zero-order chi connectivity index (χ0) is 15.2. The predicted molar refractivity (Wildman–Crippen MR) is 79.2 cm³/mol. The van der Waals surface area contributed by atoms with Gasteiger partial charge in [0, 0.05) is 37.1 Å². The molecule has 0 fully saturated rings. The topological polar surface area (TPSA) is 90.2 Å². The lowest BCUT2D eigenvalue weighted by molar-refractivity contribution is -0.384. The summed E-state index contributed by atoms with van der Waals surface area (Å²) in [7, 11) is 1.65. The Labute approximate surface area is 122 Å². The van der Waals surface area contributed by atoms with Crippen LogP contribution in [0.25, 0.3) is 10.9 Å². The number of aromatic nitrogens is 2. The maximum Gasteiger partial charge on any atom is 0.270 e. The van der Waals surface area contributed by atoms with Crippen LogP contribution >= 0.6 is 0 Å². The summed E-state index contributed by atoms with van der Waals surface area (Å²) < 4.78 is 5.19. The van der Waals surface area contributed by atoms with Crippen molar-refractivity contribution in [3.05, 3.63) is 40.3 Å². The van der Waals surface area contributed by atoms with E-state index in [0.29, 0.717) is 23.9 Å². The number of benzene rings is 1. The van der Waals surface area contributed by atoms with E-state index in [1.165, 1.54) is 18.5 Å². The number of methoxy groups -OCH3 is 1. The van der Waals surface area contributed by atoms with E-state index in [9.17, 15) is 10.1 Å². The Balaban J connectivity index is 2.37. The first-order valence-electron chi connectivity index (χ1n) is 6.76. The molecule has 0 bridgehead atoms. The second kappa shape index (κ2) is 7.05. The molecule has 2 rings (SSSR count). The molecule has 21 heavy (non-hydrogen) atoms. The Morgan fingerprint density at radius 3 is 2.90 bits per heavy atom. The lowest BCUT2D eigenvalue weighted by Crippen LogP contribution is -2.35. The lowest BCUT2D eigenvalue weighted by Gasteiger charge is -2.17. The molecular formula is C14H18N4O3. The molecule has 0 spiro atoms. The standard InChI is InChI=1S/C14H18N4O3/c1-3-15-10(8-21-2)6-14-12-7-11(18(19)20)4-5-13(12)16-9-17-14/h4-5,7,9-10,15H,3,6,8H2,1-2H3. The van der Waals surface area contributed by atoms with Gasteiger partial charge in [0.15, 0.2) is 0 Å². The van der Waals surface area contributed by atoms with Crippen molar-refractivity contribution in [2.24, 2.45) is 0 Å². The van der Waals surface area contributed by atoms with Crippen molar-refractivity contribution < 1.29 is 9.66 Å². The molecule has 1 aromatic heterocycles. The Morgan fingerprint density at radius 2 is 2.24 bits per heavy atom. The smallest absolute Gasteiger partial charge is 0.270 e. The molecule has 112 valence electrons. The van der Waals surface area contributed by atoms with Gasteiger partial charge in [-0.3, -0.25) is 10.1 Å². The fourth-order valence-corrected chi connectivity index (χ4v) is 2.29. The summed E-state index contributed by atoms with van der Waals surface area (Å²) in [6, 6.07) is 4.74. The molecule has 1 N–H and O–H groups in total. The number of ether oxygens (including phenoxy) is 1. The molecule has 7 heteroatoms. The van der Waals surface area contributed by atoms with Crippen molar-refractivity contribution in [3.63, 3.8) is 0 Å². The Morgan fingerprint density at radius 1 is 1.43 bits per heavy atom. The predicted octanol–water partition coefficient (Wildman–Crippen LogP) is 1.70. The van der Waals surface area contributed by atoms with Crippen LogP contribution in [0.4, 0.5) is 5.69 Å². The van der Waals surface area contributed by atoms with E-state index in [1.807, 2.05) is 6.92 Å². The second-order valence-corrected chi connectivity index (χ2v) is 4.69. The summed E-state index contributed by atoms with van der Waals surface area (Å²) in [5.74, 6) is 0. The summed E-state index contributed by atoms with van der Waals surface area (Å²) in [4.78, 5) is 18.9. The number of nitro benzene ring substituents is 1. The summed E-state index contributed by atoms with van der Waals surface area (Å²) in [6.45, 7) is 3.39. The minimum Gasteiger partial charge on any atom is -0.383 e. The molecule has 0 aliphatic heterocycles. The van der Waals surface area contributed by atoms with Gasteiger partial charge in [-0.25, -0.2) is 9.97 Å². The summed E-state index contributed by atoms with van der Waals surface area (Å²) in [5.41, 5.74) is 1.54. The van der Waals surface area contributed by atoms with E-state index < -0.39 is 4.92 Å². The van der Waals surface area contributed by atoms with Crippen LogP contribution in [-0.2, 0) is 11.2 Å². The van der Waals surface area contributed by atoms with Crippen LogP contribution in [0.1, 0.15) is 12.6 Å². The molecular weight excluding hydrogens is 272 g/mol. The highest BCUT2D eigenvalue weighted by Crippen LogP contribution is 2.22. The molecule has 0 saturated carbocycles. The van der Waals surface area contributed by atoms with Crippen LogP contribution in [0.15, 0.2) is 24.5 Å². The van der Waals surface area contributed by atoms with Gasteiger partial charge in [0.05, 0.1) is 22.7 Å². The summed E-state index contributed by atoms with van der Waals surface area (Å²) in [6.07, 6.45) is 2.11. The highest BCUT2D eigenvalue weighted by atomic mass is 16.6. The quantitative estimate of drug-likeness (QED) is 0.616. The number of hydrogen-bond donors (Lipinski definition) is 1. The van der Waals surface area contributed by atoms with Crippen molar-refractivity contribution >= 4 is 16.6 Å². The molecule has 0 aliphatic carbocycles. The second-order valence-electron chi connectivity index (χ2n) is 4.69. The number of nitrogens with zero attached hydrogens (tertiary/aromatic N) is 3.